The highest BCUT2D eigenvalue weighted by Gasteiger charge is 2.14. The molecular weight excluding hydrogens is 340 g/mol. The summed E-state index contributed by atoms with van der Waals surface area (Å²) in [4.78, 5) is 40.3. The number of aryl methyl sites for hydroxylation is 3. The summed E-state index contributed by atoms with van der Waals surface area (Å²) in [6, 6.07) is 1.88. The van der Waals surface area contributed by atoms with Gasteiger partial charge < -0.3 is 9.30 Å². The van der Waals surface area contributed by atoms with E-state index in [1.54, 1.807) is 16.3 Å². The number of carbonyl (C=O) groups excluding carboxylic acids is 1. The molecule has 0 aromatic carbocycles. The van der Waals surface area contributed by atoms with Gasteiger partial charge in [-0.05, 0) is 19.9 Å². The second-order valence-corrected chi connectivity index (χ2v) is 6.12. The van der Waals surface area contributed by atoms with E-state index in [4.69, 9.17) is 4.74 Å². The number of fused-ring (bicyclic) bond motifs is 1. The van der Waals surface area contributed by atoms with E-state index in [9.17, 15) is 14.4 Å². The van der Waals surface area contributed by atoms with Crippen LogP contribution >= 0.6 is 0 Å². The van der Waals surface area contributed by atoms with Crippen LogP contribution in [0.5, 0.6) is 0 Å². The smallest absolute Gasteiger partial charge is 0.332 e. The van der Waals surface area contributed by atoms with Gasteiger partial charge in [0.2, 0.25) is 0 Å². The fourth-order valence-corrected chi connectivity index (χ4v) is 2.83. The van der Waals surface area contributed by atoms with Crippen molar-refractivity contribution in [2.75, 3.05) is 6.61 Å². The normalized spacial score (nSPS) is 11.2. The summed E-state index contributed by atoms with van der Waals surface area (Å²) in [5.41, 5.74) is 1.43. The summed E-state index contributed by atoms with van der Waals surface area (Å²) in [6.07, 6.45) is 1.46. The summed E-state index contributed by atoms with van der Waals surface area (Å²) >= 11 is 0. The first-order chi connectivity index (χ1) is 12.3. The fraction of sp³-hybridized carbons (Fsp3) is 0.438. The van der Waals surface area contributed by atoms with Gasteiger partial charge in [-0.15, -0.1) is 0 Å². The maximum absolute atomic E-state index is 12.3. The third-order valence-corrected chi connectivity index (χ3v) is 4.19. The molecular formula is C16H20N6O4. The molecule has 3 aromatic rings. The molecule has 0 saturated heterocycles. The predicted molar refractivity (Wildman–Crippen MR) is 92.9 cm³/mol. The number of nitrogens with zero attached hydrogens (tertiary/aromatic N) is 6. The molecule has 10 heteroatoms. The van der Waals surface area contributed by atoms with Gasteiger partial charge in [-0.1, -0.05) is 0 Å². The maximum Gasteiger partial charge on any atom is 0.332 e. The standard InChI is InChI=1S/C16H20N6O4/c1-10-7-11(2)22(18-10)8-12(23)26-6-5-21-9-17-14-13(21)15(24)20(4)16(25)19(14)3/h7,9H,5-6,8H2,1-4H3. The quantitative estimate of drug-likeness (QED) is 0.568. The molecule has 0 aliphatic heterocycles. The van der Waals surface area contributed by atoms with Gasteiger partial charge in [-0.25, -0.2) is 9.78 Å². The third kappa shape index (κ3) is 3.05. The van der Waals surface area contributed by atoms with Crippen LogP contribution in [0.3, 0.4) is 0 Å². The van der Waals surface area contributed by atoms with Crippen LogP contribution < -0.4 is 11.2 Å². The summed E-state index contributed by atoms with van der Waals surface area (Å²) < 4.78 is 10.7. The molecule has 0 bridgehead atoms. The minimum atomic E-state index is -0.441. The Balaban J connectivity index is 1.71. The highest BCUT2D eigenvalue weighted by atomic mass is 16.5. The second kappa shape index (κ2) is 6.62. The zero-order valence-corrected chi connectivity index (χ0v) is 15.1. The summed E-state index contributed by atoms with van der Waals surface area (Å²) in [5, 5.41) is 4.21. The topological polar surface area (TPSA) is 106 Å². The van der Waals surface area contributed by atoms with Crippen molar-refractivity contribution in [1.82, 2.24) is 28.5 Å². The van der Waals surface area contributed by atoms with Gasteiger partial charge >= 0.3 is 11.7 Å². The molecule has 26 heavy (non-hydrogen) atoms. The van der Waals surface area contributed by atoms with Crippen molar-refractivity contribution >= 4 is 17.1 Å². The van der Waals surface area contributed by atoms with Crippen LogP contribution in [0.2, 0.25) is 0 Å². The van der Waals surface area contributed by atoms with Crippen molar-refractivity contribution < 1.29 is 9.53 Å². The second-order valence-electron chi connectivity index (χ2n) is 6.12. The lowest BCUT2D eigenvalue weighted by Gasteiger charge is -2.08. The largest absolute Gasteiger partial charge is 0.462 e. The molecule has 3 aromatic heterocycles. The highest BCUT2D eigenvalue weighted by Crippen LogP contribution is 2.06. The van der Waals surface area contributed by atoms with E-state index in [1.807, 2.05) is 19.9 Å². The van der Waals surface area contributed by atoms with Gasteiger partial charge in [0.05, 0.1) is 18.6 Å². The molecule has 0 aliphatic carbocycles. The van der Waals surface area contributed by atoms with E-state index in [1.165, 1.54) is 17.9 Å². The van der Waals surface area contributed by atoms with Crippen molar-refractivity contribution in [3.05, 3.63) is 44.6 Å². The van der Waals surface area contributed by atoms with Gasteiger partial charge in [0.1, 0.15) is 13.2 Å². The van der Waals surface area contributed by atoms with Crippen LogP contribution in [0.25, 0.3) is 11.2 Å². The lowest BCUT2D eigenvalue weighted by atomic mass is 10.4. The SMILES string of the molecule is Cc1cc(C)n(CC(=O)OCCn2cnc3c2c(=O)n(C)c(=O)n3C)n1. The molecule has 0 atom stereocenters. The fourth-order valence-electron chi connectivity index (χ4n) is 2.83. The van der Waals surface area contributed by atoms with Gasteiger partial charge in [0.15, 0.2) is 11.2 Å². The van der Waals surface area contributed by atoms with Gasteiger partial charge in [0.25, 0.3) is 5.56 Å². The first-order valence-electron chi connectivity index (χ1n) is 8.07. The molecule has 0 aliphatic rings. The molecule has 3 rings (SSSR count). The van der Waals surface area contributed by atoms with Gasteiger partial charge in [-0.3, -0.25) is 23.4 Å². The van der Waals surface area contributed by atoms with Gasteiger partial charge in [0, 0.05) is 19.8 Å². The van der Waals surface area contributed by atoms with Crippen LogP contribution in [0.4, 0.5) is 0 Å². The summed E-state index contributed by atoms with van der Waals surface area (Å²) in [5.74, 6) is -0.416. The van der Waals surface area contributed by atoms with Crippen LogP contribution in [0.15, 0.2) is 22.0 Å². The van der Waals surface area contributed by atoms with Crippen molar-refractivity contribution in [3.8, 4) is 0 Å². The van der Waals surface area contributed by atoms with Crippen LogP contribution in [0.1, 0.15) is 11.4 Å². The lowest BCUT2D eigenvalue weighted by molar-refractivity contribution is -0.144. The van der Waals surface area contributed by atoms with E-state index >= 15 is 0 Å². The van der Waals surface area contributed by atoms with E-state index in [0.29, 0.717) is 11.2 Å². The minimum Gasteiger partial charge on any atom is -0.462 e. The Morgan fingerprint density at radius 1 is 1.19 bits per heavy atom. The molecule has 138 valence electrons. The predicted octanol–water partition coefficient (Wildman–Crippen LogP) is -0.510. The highest BCUT2D eigenvalue weighted by molar-refractivity contribution is 5.70. The molecule has 3 heterocycles. The zero-order chi connectivity index (χ0) is 19.0. The van der Waals surface area contributed by atoms with Crippen LogP contribution in [-0.2, 0) is 36.7 Å². The number of carbonyl (C=O) groups is 1. The molecule has 0 N–H and O–H groups in total. The first-order valence-corrected chi connectivity index (χ1v) is 8.07. The minimum absolute atomic E-state index is 0.0284. The maximum atomic E-state index is 12.3. The number of ether oxygens (including phenoxy) is 1. The van der Waals surface area contributed by atoms with E-state index in [2.05, 4.69) is 10.1 Å². The van der Waals surface area contributed by atoms with Crippen molar-refractivity contribution in [1.29, 1.82) is 0 Å². The molecule has 0 unspecified atom stereocenters. The van der Waals surface area contributed by atoms with E-state index in [-0.39, 0.29) is 19.7 Å². The summed E-state index contributed by atoms with van der Waals surface area (Å²) in [6.45, 7) is 4.08. The van der Waals surface area contributed by atoms with Crippen molar-refractivity contribution in [2.45, 2.75) is 26.9 Å². The average molecular weight is 360 g/mol. The van der Waals surface area contributed by atoms with Crippen LogP contribution in [0, 0.1) is 13.8 Å². The molecule has 0 amide bonds. The summed E-state index contributed by atoms with van der Waals surface area (Å²) in [7, 11) is 2.96. The number of imidazole rings is 1. The number of hydrogen-bond acceptors (Lipinski definition) is 6. The Hall–Kier alpha value is -3.17. The number of rotatable bonds is 5. The van der Waals surface area contributed by atoms with Gasteiger partial charge in [-0.2, -0.15) is 5.10 Å². The van der Waals surface area contributed by atoms with E-state index in [0.717, 1.165) is 16.0 Å². The van der Waals surface area contributed by atoms with Crippen molar-refractivity contribution in [2.24, 2.45) is 14.1 Å². The van der Waals surface area contributed by atoms with E-state index < -0.39 is 17.2 Å². The van der Waals surface area contributed by atoms with Crippen molar-refractivity contribution in [3.63, 3.8) is 0 Å². The molecule has 0 saturated carbocycles. The third-order valence-electron chi connectivity index (χ3n) is 4.19. The Morgan fingerprint density at radius 3 is 2.58 bits per heavy atom. The lowest BCUT2D eigenvalue weighted by Crippen LogP contribution is -2.37. The molecule has 10 nitrogen and oxygen atoms in total. The number of aromatic nitrogens is 6. The average Bonchev–Trinajstić information content (AvgIpc) is 3.14. The Kier molecular flexibility index (Phi) is 4.49. The monoisotopic (exact) mass is 360 g/mol. The Morgan fingerprint density at radius 2 is 1.92 bits per heavy atom. The van der Waals surface area contributed by atoms with Crippen LogP contribution in [-0.4, -0.2) is 41.0 Å². The Bertz CT molecular complexity index is 1100. The molecule has 0 fully saturated rings. The molecule has 0 radical (unpaired) electrons. The Labute approximate surface area is 148 Å². The molecule has 0 spiro atoms. The number of esters is 1. The first kappa shape index (κ1) is 17.6. The zero-order valence-electron chi connectivity index (χ0n) is 15.1. The number of hydrogen-bond donors (Lipinski definition) is 0.